The molecule has 0 aromatic rings. The lowest BCUT2D eigenvalue weighted by molar-refractivity contribution is -0.138. The summed E-state index contributed by atoms with van der Waals surface area (Å²) < 4.78 is 0. The second-order valence-electron chi connectivity index (χ2n) is 7.12. The van der Waals surface area contributed by atoms with Crippen LogP contribution in [0.15, 0.2) is 0 Å². The summed E-state index contributed by atoms with van der Waals surface area (Å²) >= 11 is 0. The molecule has 3 atom stereocenters. The Hall–Kier alpha value is -1.10. The SMILES string of the molecule is CC(C)(C)CC(CC(=O)O)NC(=O)C1CCCCC1N. The third kappa shape index (κ3) is 5.90. The molecule has 0 radical (unpaired) electrons. The van der Waals surface area contributed by atoms with Crippen LogP contribution in [-0.4, -0.2) is 29.1 Å². The zero-order valence-electron chi connectivity index (χ0n) is 12.8. The number of nitrogens with one attached hydrogen (secondary N) is 1. The molecule has 20 heavy (non-hydrogen) atoms. The molecule has 4 N–H and O–H groups in total. The average Bonchev–Trinajstić information content (AvgIpc) is 2.25. The molecule has 0 heterocycles. The molecule has 3 unspecified atom stereocenters. The fourth-order valence-corrected chi connectivity index (χ4v) is 2.92. The van der Waals surface area contributed by atoms with Gasteiger partial charge in [0.25, 0.3) is 0 Å². The van der Waals surface area contributed by atoms with Gasteiger partial charge < -0.3 is 16.2 Å². The quantitative estimate of drug-likeness (QED) is 0.719. The van der Waals surface area contributed by atoms with Crippen LogP contribution in [-0.2, 0) is 9.59 Å². The van der Waals surface area contributed by atoms with Crippen molar-refractivity contribution in [2.24, 2.45) is 17.1 Å². The van der Waals surface area contributed by atoms with Crippen molar-refractivity contribution in [2.45, 2.75) is 71.4 Å². The van der Waals surface area contributed by atoms with Crippen molar-refractivity contribution < 1.29 is 14.7 Å². The standard InChI is InChI=1S/C15H28N2O3/c1-15(2,3)9-10(8-13(18)19)17-14(20)11-6-4-5-7-12(11)16/h10-12H,4-9,16H2,1-3H3,(H,17,20)(H,18,19). The number of rotatable bonds is 5. The van der Waals surface area contributed by atoms with Crippen LogP contribution < -0.4 is 11.1 Å². The van der Waals surface area contributed by atoms with Crippen LogP contribution in [0.3, 0.4) is 0 Å². The van der Waals surface area contributed by atoms with Gasteiger partial charge in [0.05, 0.1) is 12.3 Å². The Morgan fingerprint density at radius 1 is 1.30 bits per heavy atom. The minimum absolute atomic E-state index is 0.0257. The largest absolute Gasteiger partial charge is 0.481 e. The normalized spacial score (nSPS) is 25.0. The molecule has 0 aliphatic heterocycles. The summed E-state index contributed by atoms with van der Waals surface area (Å²) in [6.45, 7) is 6.13. The average molecular weight is 284 g/mol. The third-order valence-corrected chi connectivity index (χ3v) is 3.78. The predicted octanol–water partition coefficient (Wildman–Crippen LogP) is 1.90. The molecule has 1 aliphatic carbocycles. The van der Waals surface area contributed by atoms with Crippen molar-refractivity contribution in [3.05, 3.63) is 0 Å². The first kappa shape index (κ1) is 17.0. The number of hydrogen-bond donors (Lipinski definition) is 3. The van der Waals surface area contributed by atoms with Gasteiger partial charge in [-0.05, 0) is 24.7 Å². The second-order valence-corrected chi connectivity index (χ2v) is 7.12. The van der Waals surface area contributed by atoms with E-state index in [1.54, 1.807) is 0 Å². The van der Waals surface area contributed by atoms with Crippen molar-refractivity contribution >= 4 is 11.9 Å². The topological polar surface area (TPSA) is 92.4 Å². The minimum Gasteiger partial charge on any atom is -0.481 e. The molecular weight excluding hydrogens is 256 g/mol. The lowest BCUT2D eigenvalue weighted by Crippen LogP contribution is -2.48. The Bertz CT molecular complexity index is 350. The van der Waals surface area contributed by atoms with E-state index in [-0.39, 0.29) is 35.7 Å². The Labute approximate surface area is 121 Å². The van der Waals surface area contributed by atoms with E-state index < -0.39 is 5.97 Å². The highest BCUT2D eigenvalue weighted by atomic mass is 16.4. The van der Waals surface area contributed by atoms with Gasteiger partial charge in [0, 0.05) is 12.1 Å². The van der Waals surface area contributed by atoms with Crippen molar-refractivity contribution in [3.8, 4) is 0 Å². The maximum Gasteiger partial charge on any atom is 0.305 e. The number of aliphatic carboxylic acids is 1. The first-order chi connectivity index (χ1) is 9.19. The van der Waals surface area contributed by atoms with E-state index in [4.69, 9.17) is 10.8 Å². The van der Waals surface area contributed by atoms with E-state index in [0.29, 0.717) is 6.42 Å². The number of carboxylic acids is 1. The Morgan fingerprint density at radius 3 is 2.40 bits per heavy atom. The van der Waals surface area contributed by atoms with Crippen LogP contribution in [0.1, 0.15) is 59.3 Å². The highest BCUT2D eigenvalue weighted by Gasteiger charge is 2.31. The number of carbonyl (C=O) groups excluding carboxylic acids is 1. The first-order valence-corrected chi connectivity index (χ1v) is 7.47. The van der Waals surface area contributed by atoms with Crippen LogP contribution in [0.2, 0.25) is 0 Å². The summed E-state index contributed by atoms with van der Waals surface area (Å²) in [6.07, 6.45) is 4.39. The maximum atomic E-state index is 12.3. The Balaban J connectivity index is 2.63. The van der Waals surface area contributed by atoms with E-state index in [1.807, 2.05) is 20.8 Å². The van der Waals surface area contributed by atoms with Gasteiger partial charge >= 0.3 is 5.97 Å². The monoisotopic (exact) mass is 284 g/mol. The third-order valence-electron chi connectivity index (χ3n) is 3.78. The molecule has 0 aromatic carbocycles. The van der Waals surface area contributed by atoms with Gasteiger partial charge in [0.2, 0.25) is 5.91 Å². The summed E-state index contributed by atoms with van der Waals surface area (Å²) in [5.41, 5.74) is 5.98. The first-order valence-electron chi connectivity index (χ1n) is 7.47. The molecule has 1 saturated carbocycles. The summed E-state index contributed by atoms with van der Waals surface area (Å²) in [4.78, 5) is 23.2. The fourth-order valence-electron chi connectivity index (χ4n) is 2.92. The smallest absolute Gasteiger partial charge is 0.305 e. The number of carboxylic acid groups (broad SMARTS) is 1. The maximum absolute atomic E-state index is 12.3. The highest BCUT2D eigenvalue weighted by Crippen LogP contribution is 2.25. The molecule has 1 fully saturated rings. The van der Waals surface area contributed by atoms with E-state index in [9.17, 15) is 9.59 Å². The van der Waals surface area contributed by atoms with E-state index in [1.165, 1.54) is 0 Å². The molecule has 116 valence electrons. The molecule has 1 aliphatic rings. The van der Waals surface area contributed by atoms with Crippen LogP contribution in [0.5, 0.6) is 0 Å². The summed E-state index contributed by atoms with van der Waals surface area (Å²) in [7, 11) is 0. The lowest BCUT2D eigenvalue weighted by atomic mass is 9.83. The molecule has 0 aromatic heterocycles. The van der Waals surface area contributed by atoms with Crippen molar-refractivity contribution in [1.29, 1.82) is 0 Å². The Morgan fingerprint density at radius 2 is 1.90 bits per heavy atom. The second kappa shape index (κ2) is 7.07. The Kier molecular flexibility index (Phi) is 5.99. The van der Waals surface area contributed by atoms with Crippen LogP contribution >= 0.6 is 0 Å². The zero-order chi connectivity index (χ0) is 15.3. The zero-order valence-corrected chi connectivity index (χ0v) is 12.8. The van der Waals surface area contributed by atoms with Crippen LogP contribution in [0.25, 0.3) is 0 Å². The summed E-state index contributed by atoms with van der Waals surface area (Å²) in [5, 5.41) is 11.9. The molecule has 0 bridgehead atoms. The van der Waals surface area contributed by atoms with Gasteiger partial charge in [0.15, 0.2) is 0 Å². The molecule has 0 spiro atoms. The van der Waals surface area contributed by atoms with Crippen molar-refractivity contribution in [1.82, 2.24) is 5.32 Å². The molecule has 0 saturated heterocycles. The van der Waals surface area contributed by atoms with Gasteiger partial charge in [-0.25, -0.2) is 0 Å². The molecule has 1 amide bonds. The fraction of sp³-hybridized carbons (Fsp3) is 0.867. The van der Waals surface area contributed by atoms with Gasteiger partial charge in [-0.1, -0.05) is 33.6 Å². The highest BCUT2D eigenvalue weighted by molar-refractivity contribution is 5.80. The van der Waals surface area contributed by atoms with Gasteiger partial charge in [-0.15, -0.1) is 0 Å². The lowest BCUT2D eigenvalue weighted by Gasteiger charge is -2.31. The van der Waals surface area contributed by atoms with E-state index >= 15 is 0 Å². The number of amides is 1. The van der Waals surface area contributed by atoms with Gasteiger partial charge in [-0.3, -0.25) is 9.59 Å². The van der Waals surface area contributed by atoms with E-state index in [0.717, 1.165) is 25.7 Å². The van der Waals surface area contributed by atoms with Crippen molar-refractivity contribution in [3.63, 3.8) is 0 Å². The van der Waals surface area contributed by atoms with Crippen molar-refractivity contribution in [2.75, 3.05) is 0 Å². The molecule has 5 heteroatoms. The summed E-state index contributed by atoms with van der Waals surface area (Å²) in [5.74, 6) is -1.12. The molecule has 5 nitrogen and oxygen atoms in total. The van der Waals surface area contributed by atoms with E-state index in [2.05, 4.69) is 5.32 Å². The number of carbonyl (C=O) groups is 2. The summed E-state index contributed by atoms with van der Waals surface area (Å²) in [6, 6.07) is -0.419. The predicted molar refractivity (Wildman–Crippen MR) is 78.2 cm³/mol. The van der Waals surface area contributed by atoms with Gasteiger partial charge in [-0.2, -0.15) is 0 Å². The van der Waals surface area contributed by atoms with Gasteiger partial charge in [0.1, 0.15) is 0 Å². The number of nitrogens with two attached hydrogens (primary N) is 1. The minimum atomic E-state index is -0.882. The molecular formula is C15H28N2O3. The van der Waals surface area contributed by atoms with Crippen LogP contribution in [0.4, 0.5) is 0 Å². The molecule has 1 rings (SSSR count). The van der Waals surface area contributed by atoms with Crippen LogP contribution in [0, 0.1) is 11.3 Å². The number of hydrogen-bond acceptors (Lipinski definition) is 3.